The summed E-state index contributed by atoms with van der Waals surface area (Å²) in [6, 6.07) is 14.3. The Labute approximate surface area is 191 Å². The van der Waals surface area contributed by atoms with Crippen molar-refractivity contribution in [3.05, 3.63) is 96.7 Å². The number of aromatic amines is 1. The van der Waals surface area contributed by atoms with E-state index in [4.69, 9.17) is 4.74 Å². The number of carbonyl (C=O) groups excluding carboxylic acids is 2. The third-order valence-corrected chi connectivity index (χ3v) is 5.68. The molecule has 1 amide bonds. The van der Waals surface area contributed by atoms with Gasteiger partial charge < -0.3 is 9.30 Å². The van der Waals surface area contributed by atoms with Crippen LogP contribution in [0.3, 0.4) is 0 Å². The number of ether oxygens (including phenoxy) is 1. The standard InChI is InChI=1S/C23H20N4O5S/c1-15-6-8-16(9-7-15)12-26-10-11-33-23(26)24-19(28)14-32-20(29)13-27-22(31)18-5-3-2-4-17(18)21(30)25-27/h2-11H,12-14H2,1H3,(H,25,30). The van der Waals surface area contributed by atoms with Crippen LogP contribution >= 0.6 is 11.3 Å². The predicted molar refractivity (Wildman–Crippen MR) is 123 cm³/mol. The first-order chi connectivity index (χ1) is 15.9. The normalized spacial score (nSPS) is 11.6. The number of rotatable bonds is 6. The molecule has 9 nitrogen and oxygen atoms in total. The summed E-state index contributed by atoms with van der Waals surface area (Å²) >= 11 is 1.29. The summed E-state index contributed by atoms with van der Waals surface area (Å²) in [7, 11) is 0. The molecule has 0 unspecified atom stereocenters. The Bertz CT molecular complexity index is 1510. The Hall–Kier alpha value is -4.05. The smallest absolute Gasteiger partial charge is 0.328 e. The zero-order valence-electron chi connectivity index (χ0n) is 17.7. The highest BCUT2D eigenvalue weighted by atomic mass is 32.1. The maximum atomic E-state index is 12.5. The number of hydrogen-bond donors (Lipinski definition) is 1. The van der Waals surface area contributed by atoms with Crippen LogP contribution in [0, 0.1) is 6.92 Å². The number of amides is 1. The fourth-order valence-corrected chi connectivity index (χ4v) is 3.96. The topological polar surface area (TPSA) is 116 Å². The summed E-state index contributed by atoms with van der Waals surface area (Å²) < 4.78 is 7.66. The molecule has 4 rings (SSSR count). The zero-order chi connectivity index (χ0) is 23.4. The number of esters is 1. The van der Waals surface area contributed by atoms with Gasteiger partial charge in [0.2, 0.25) is 0 Å². The molecule has 168 valence electrons. The minimum Gasteiger partial charge on any atom is -0.454 e. The van der Waals surface area contributed by atoms with Gasteiger partial charge in [0.05, 0.1) is 10.8 Å². The number of carbonyl (C=O) groups is 2. The van der Waals surface area contributed by atoms with Gasteiger partial charge in [-0.15, -0.1) is 11.3 Å². The number of nitrogens with zero attached hydrogens (tertiary/aromatic N) is 3. The Kier molecular flexibility index (Phi) is 6.45. The van der Waals surface area contributed by atoms with E-state index in [0.717, 1.165) is 15.8 Å². The summed E-state index contributed by atoms with van der Waals surface area (Å²) in [5.74, 6) is -1.48. The fourth-order valence-electron chi connectivity index (χ4n) is 3.21. The van der Waals surface area contributed by atoms with Crippen molar-refractivity contribution < 1.29 is 14.3 Å². The SMILES string of the molecule is Cc1ccc(Cn2ccsc2=NC(=O)COC(=O)Cn2[nH]c(=O)c3ccccc3c2=O)cc1. The van der Waals surface area contributed by atoms with Gasteiger partial charge in [0, 0.05) is 18.1 Å². The van der Waals surface area contributed by atoms with Crippen molar-refractivity contribution in [1.82, 2.24) is 14.3 Å². The van der Waals surface area contributed by atoms with Gasteiger partial charge in [0.25, 0.3) is 17.0 Å². The Morgan fingerprint density at radius 3 is 2.55 bits per heavy atom. The molecule has 0 saturated heterocycles. The molecule has 4 aromatic rings. The molecule has 0 aliphatic carbocycles. The molecule has 0 aliphatic heterocycles. The molecule has 0 radical (unpaired) electrons. The highest BCUT2D eigenvalue weighted by molar-refractivity contribution is 7.07. The molecule has 0 aliphatic rings. The molecule has 0 bridgehead atoms. The molecular weight excluding hydrogens is 444 g/mol. The number of thiazole rings is 1. The van der Waals surface area contributed by atoms with Crippen molar-refractivity contribution in [3.63, 3.8) is 0 Å². The monoisotopic (exact) mass is 464 g/mol. The van der Waals surface area contributed by atoms with Crippen LogP contribution in [0.1, 0.15) is 11.1 Å². The van der Waals surface area contributed by atoms with Crippen LogP contribution in [0.2, 0.25) is 0 Å². The van der Waals surface area contributed by atoms with E-state index in [1.165, 1.54) is 23.5 Å². The maximum absolute atomic E-state index is 12.5. The molecule has 0 fully saturated rings. The lowest BCUT2D eigenvalue weighted by Crippen LogP contribution is -2.33. The highest BCUT2D eigenvalue weighted by Crippen LogP contribution is 2.05. The lowest BCUT2D eigenvalue weighted by atomic mass is 10.1. The summed E-state index contributed by atoms with van der Waals surface area (Å²) in [6.07, 6.45) is 1.82. The molecule has 0 saturated carbocycles. The van der Waals surface area contributed by atoms with E-state index >= 15 is 0 Å². The Morgan fingerprint density at radius 1 is 1.06 bits per heavy atom. The molecule has 33 heavy (non-hydrogen) atoms. The van der Waals surface area contributed by atoms with Crippen molar-refractivity contribution in [2.24, 2.45) is 4.99 Å². The van der Waals surface area contributed by atoms with Gasteiger partial charge in [-0.25, -0.2) is 4.68 Å². The van der Waals surface area contributed by atoms with Crippen LogP contribution in [-0.4, -0.2) is 32.8 Å². The minimum atomic E-state index is -0.842. The summed E-state index contributed by atoms with van der Waals surface area (Å²) in [6.45, 7) is 1.45. The van der Waals surface area contributed by atoms with Crippen molar-refractivity contribution in [1.29, 1.82) is 0 Å². The van der Waals surface area contributed by atoms with E-state index in [2.05, 4.69) is 10.1 Å². The second kappa shape index (κ2) is 9.61. The number of benzene rings is 2. The average molecular weight is 465 g/mol. The number of nitrogens with one attached hydrogen (secondary N) is 1. The highest BCUT2D eigenvalue weighted by Gasteiger charge is 2.12. The number of fused-ring (bicyclic) bond motifs is 1. The van der Waals surface area contributed by atoms with E-state index in [-0.39, 0.29) is 10.8 Å². The van der Waals surface area contributed by atoms with Crippen molar-refractivity contribution in [2.75, 3.05) is 6.61 Å². The molecule has 0 spiro atoms. The minimum absolute atomic E-state index is 0.191. The fraction of sp³-hybridized carbons (Fsp3) is 0.174. The zero-order valence-corrected chi connectivity index (χ0v) is 18.5. The number of aromatic nitrogens is 3. The number of aryl methyl sites for hydroxylation is 1. The summed E-state index contributed by atoms with van der Waals surface area (Å²) in [5, 5.41) is 4.58. The largest absolute Gasteiger partial charge is 0.454 e. The van der Waals surface area contributed by atoms with Gasteiger partial charge >= 0.3 is 5.97 Å². The van der Waals surface area contributed by atoms with Crippen molar-refractivity contribution >= 4 is 34.0 Å². The van der Waals surface area contributed by atoms with Gasteiger partial charge in [-0.3, -0.25) is 24.3 Å². The molecule has 2 aromatic carbocycles. The second-order valence-corrected chi connectivity index (χ2v) is 8.22. The van der Waals surface area contributed by atoms with Crippen LogP contribution in [0.4, 0.5) is 0 Å². The van der Waals surface area contributed by atoms with E-state index in [0.29, 0.717) is 11.3 Å². The van der Waals surface area contributed by atoms with Crippen LogP contribution in [-0.2, 0) is 27.4 Å². The summed E-state index contributed by atoms with van der Waals surface area (Å²) in [5.41, 5.74) is 1.19. The van der Waals surface area contributed by atoms with Crippen LogP contribution in [0.5, 0.6) is 0 Å². The van der Waals surface area contributed by atoms with Crippen LogP contribution in [0.15, 0.2) is 74.7 Å². The summed E-state index contributed by atoms with van der Waals surface area (Å²) in [4.78, 5) is 53.5. The molecule has 0 atom stereocenters. The van der Waals surface area contributed by atoms with Gasteiger partial charge in [-0.2, -0.15) is 4.99 Å². The third kappa shape index (κ3) is 5.24. The molecule has 2 aromatic heterocycles. The van der Waals surface area contributed by atoms with Crippen molar-refractivity contribution in [3.8, 4) is 0 Å². The van der Waals surface area contributed by atoms with E-state index in [9.17, 15) is 19.2 Å². The quantitative estimate of drug-likeness (QED) is 0.435. The van der Waals surface area contributed by atoms with E-state index in [1.54, 1.807) is 12.1 Å². The predicted octanol–water partition coefficient (Wildman–Crippen LogP) is 1.58. The third-order valence-electron chi connectivity index (χ3n) is 4.88. The average Bonchev–Trinajstić information content (AvgIpc) is 3.23. The second-order valence-electron chi connectivity index (χ2n) is 7.34. The lowest BCUT2D eigenvalue weighted by Gasteiger charge is -2.07. The Balaban J connectivity index is 1.41. The van der Waals surface area contributed by atoms with Gasteiger partial charge in [-0.1, -0.05) is 42.0 Å². The van der Waals surface area contributed by atoms with E-state index < -0.39 is 36.1 Å². The first-order valence-corrected chi connectivity index (χ1v) is 10.9. The van der Waals surface area contributed by atoms with Crippen LogP contribution < -0.4 is 15.9 Å². The molecule has 2 heterocycles. The van der Waals surface area contributed by atoms with Gasteiger partial charge in [0.1, 0.15) is 6.54 Å². The van der Waals surface area contributed by atoms with Crippen LogP contribution in [0.25, 0.3) is 10.8 Å². The number of hydrogen-bond acceptors (Lipinski definition) is 6. The molecule has 10 heteroatoms. The van der Waals surface area contributed by atoms with Gasteiger partial charge in [-0.05, 0) is 24.6 Å². The first-order valence-electron chi connectivity index (χ1n) is 10.1. The van der Waals surface area contributed by atoms with Gasteiger partial charge in [0.15, 0.2) is 11.4 Å². The number of H-pyrrole nitrogens is 1. The lowest BCUT2D eigenvalue weighted by molar-refractivity contribution is -0.148. The molecule has 1 N–H and O–H groups in total. The van der Waals surface area contributed by atoms with E-state index in [1.807, 2.05) is 47.3 Å². The Morgan fingerprint density at radius 2 is 1.79 bits per heavy atom. The molecular formula is C23H20N4O5S. The maximum Gasteiger partial charge on any atom is 0.328 e. The first kappa shape index (κ1) is 22.2. The van der Waals surface area contributed by atoms with Crippen molar-refractivity contribution in [2.45, 2.75) is 20.0 Å².